The van der Waals surface area contributed by atoms with Crippen molar-refractivity contribution in [1.29, 1.82) is 0 Å². The Morgan fingerprint density at radius 2 is 1.37 bits per heavy atom. The highest BCUT2D eigenvalue weighted by Gasteiger charge is 2.13. The maximum atomic E-state index is 9.10. The van der Waals surface area contributed by atoms with Gasteiger partial charge in [-0.3, -0.25) is 0 Å². The molecule has 0 heterocycles. The largest absolute Gasteiger partial charge is 0.496 e. The molecule has 30 heavy (non-hydrogen) atoms. The van der Waals surface area contributed by atoms with Crippen molar-refractivity contribution in [3.63, 3.8) is 0 Å². The number of rotatable bonds is 9. The lowest BCUT2D eigenvalue weighted by Crippen LogP contribution is -2.17. The second-order valence-electron chi connectivity index (χ2n) is 5.88. The van der Waals surface area contributed by atoms with E-state index >= 15 is 0 Å². The number of aliphatic carboxylic acids is 2. The van der Waals surface area contributed by atoms with Crippen molar-refractivity contribution in [3.05, 3.63) is 47.5 Å². The zero-order valence-corrected chi connectivity index (χ0v) is 17.4. The monoisotopic (exact) mass is 421 g/mol. The Hall–Kier alpha value is -3.46. The molecule has 0 aliphatic rings. The Morgan fingerprint density at radius 3 is 1.83 bits per heavy atom. The minimum absolute atomic E-state index is 0.609. The molecule has 0 atom stereocenters. The number of ether oxygens (including phenoxy) is 4. The number of carbonyl (C=O) groups is 2. The van der Waals surface area contributed by atoms with Crippen molar-refractivity contribution in [1.82, 2.24) is 5.32 Å². The summed E-state index contributed by atoms with van der Waals surface area (Å²) < 4.78 is 21.5. The summed E-state index contributed by atoms with van der Waals surface area (Å²) in [6.45, 7) is 1.56. The van der Waals surface area contributed by atoms with E-state index in [1.54, 1.807) is 28.4 Å². The van der Waals surface area contributed by atoms with Crippen LogP contribution in [0, 0.1) is 0 Å². The molecule has 0 aliphatic heterocycles. The van der Waals surface area contributed by atoms with E-state index in [4.69, 9.17) is 38.7 Å². The predicted octanol–water partition coefficient (Wildman–Crippen LogP) is 2.21. The van der Waals surface area contributed by atoms with E-state index in [-0.39, 0.29) is 0 Å². The van der Waals surface area contributed by atoms with Crippen LogP contribution in [-0.2, 0) is 22.6 Å². The van der Waals surface area contributed by atoms with Crippen molar-refractivity contribution in [3.8, 4) is 23.0 Å². The van der Waals surface area contributed by atoms with Crippen LogP contribution in [-0.4, -0.2) is 57.1 Å². The molecule has 0 spiro atoms. The highest BCUT2D eigenvalue weighted by Crippen LogP contribution is 2.38. The molecule has 0 saturated heterocycles. The quantitative estimate of drug-likeness (QED) is 0.413. The zero-order chi connectivity index (χ0) is 22.5. The maximum Gasteiger partial charge on any atom is 0.414 e. The summed E-state index contributed by atoms with van der Waals surface area (Å²) >= 11 is 0. The maximum absolute atomic E-state index is 9.10. The number of carboxylic acid groups (broad SMARTS) is 2. The Labute approximate surface area is 175 Å². The van der Waals surface area contributed by atoms with Crippen LogP contribution < -0.4 is 24.3 Å². The van der Waals surface area contributed by atoms with Gasteiger partial charge in [0.05, 0.1) is 28.4 Å². The standard InChI is InChI=1S/C19H25NO4.C2H2O4/c1-21-16-8-6-5-7-15(16)9-10-20-13-14-11-17(22-2)19(24-4)18(12-14)23-3;3-1(4)2(5)6/h5-8,11-12,20H,9-10,13H2,1-4H3;(H,3,4)(H,5,6). The molecule has 2 aromatic rings. The van der Waals surface area contributed by atoms with Gasteiger partial charge in [-0.1, -0.05) is 18.2 Å². The van der Waals surface area contributed by atoms with Gasteiger partial charge in [-0.05, 0) is 42.3 Å². The first-order valence-electron chi connectivity index (χ1n) is 8.95. The number of hydrogen-bond donors (Lipinski definition) is 3. The summed E-state index contributed by atoms with van der Waals surface area (Å²) in [5.41, 5.74) is 2.27. The molecule has 0 bridgehead atoms. The molecule has 0 saturated carbocycles. The van der Waals surface area contributed by atoms with Crippen molar-refractivity contribution < 1.29 is 38.7 Å². The van der Waals surface area contributed by atoms with Gasteiger partial charge in [0.2, 0.25) is 5.75 Å². The van der Waals surface area contributed by atoms with Gasteiger partial charge in [0.15, 0.2) is 11.5 Å². The third-order valence-electron chi connectivity index (χ3n) is 4.00. The summed E-state index contributed by atoms with van der Waals surface area (Å²) in [5, 5.41) is 18.2. The first-order valence-corrected chi connectivity index (χ1v) is 8.95. The second-order valence-corrected chi connectivity index (χ2v) is 5.88. The molecule has 164 valence electrons. The molecule has 2 rings (SSSR count). The van der Waals surface area contributed by atoms with E-state index in [2.05, 4.69) is 11.4 Å². The number of carboxylic acids is 2. The Kier molecular flexibility index (Phi) is 10.6. The predicted molar refractivity (Wildman–Crippen MR) is 110 cm³/mol. The zero-order valence-electron chi connectivity index (χ0n) is 17.4. The summed E-state index contributed by atoms with van der Waals surface area (Å²) in [6.07, 6.45) is 0.897. The van der Waals surface area contributed by atoms with Gasteiger partial charge in [-0.25, -0.2) is 9.59 Å². The Morgan fingerprint density at radius 1 is 0.833 bits per heavy atom. The van der Waals surface area contributed by atoms with E-state index in [1.807, 2.05) is 30.3 Å². The third kappa shape index (κ3) is 7.51. The number of nitrogens with one attached hydrogen (secondary N) is 1. The van der Waals surface area contributed by atoms with Gasteiger partial charge < -0.3 is 34.5 Å². The minimum Gasteiger partial charge on any atom is -0.496 e. The van der Waals surface area contributed by atoms with Crippen LogP contribution in [0.5, 0.6) is 23.0 Å². The van der Waals surface area contributed by atoms with E-state index in [0.29, 0.717) is 23.8 Å². The highest BCUT2D eigenvalue weighted by atomic mass is 16.5. The lowest BCUT2D eigenvalue weighted by atomic mass is 10.1. The molecular formula is C21H27NO8. The van der Waals surface area contributed by atoms with Crippen LogP contribution in [0.4, 0.5) is 0 Å². The fourth-order valence-electron chi connectivity index (χ4n) is 2.60. The smallest absolute Gasteiger partial charge is 0.414 e. The van der Waals surface area contributed by atoms with E-state index in [0.717, 1.165) is 24.3 Å². The first kappa shape index (κ1) is 24.6. The molecule has 0 aliphatic carbocycles. The normalized spacial score (nSPS) is 9.73. The number of hydrogen-bond acceptors (Lipinski definition) is 7. The van der Waals surface area contributed by atoms with Crippen LogP contribution in [0.25, 0.3) is 0 Å². The molecule has 9 nitrogen and oxygen atoms in total. The van der Waals surface area contributed by atoms with Crippen LogP contribution in [0.2, 0.25) is 0 Å². The van der Waals surface area contributed by atoms with Gasteiger partial charge in [0.1, 0.15) is 5.75 Å². The average molecular weight is 421 g/mol. The molecule has 0 fully saturated rings. The molecule has 3 N–H and O–H groups in total. The van der Waals surface area contributed by atoms with Gasteiger partial charge in [-0.2, -0.15) is 0 Å². The third-order valence-corrected chi connectivity index (χ3v) is 4.00. The van der Waals surface area contributed by atoms with Gasteiger partial charge in [-0.15, -0.1) is 0 Å². The molecule has 0 unspecified atom stereocenters. The van der Waals surface area contributed by atoms with Crippen molar-refractivity contribution in [2.45, 2.75) is 13.0 Å². The summed E-state index contributed by atoms with van der Waals surface area (Å²) in [5.74, 6) is -0.786. The van der Waals surface area contributed by atoms with Crippen LogP contribution in [0.3, 0.4) is 0 Å². The molecule has 2 aromatic carbocycles. The van der Waals surface area contributed by atoms with Gasteiger partial charge >= 0.3 is 11.9 Å². The van der Waals surface area contributed by atoms with E-state index < -0.39 is 11.9 Å². The average Bonchev–Trinajstić information content (AvgIpc) is 2.76. The molecular weight excluding hydrogens is 394 g/mol. The summed E-state index contributed by atoms with van der Waals surface area (Å²) in [7, 11) is 6.54. The number of para-hydroxylation sites is 1. The van der Waals surface area contributed by atoms with Crippen LogP contribution in [0.1, 0.15) is 11.1 Å². The lowest BCUT2D eigenvalue weighted by molar-refractivity contribution is -0.159. The molecule has 0 amide bonds. The van der Waals surface area contributed by atoms with Gasteiger partial charge in [0.25, 0.3) is 0 Å². The molecule has 0 aromatic heterocycles. The Balaban J connectivity index is 0.000000656. The molecule has 9 heteroatoms. The fraction of sp³-hybridized carbons (Fsp3) is 0.333. The first-order chi connectivity index (χ1) is 14.4. The van der Waals surface area contributed by atoms with Gasteiger partial charge in [0, 0.05) is 6.54 Å². The van der Waals surface area contributed by atoms with E-state index in [1.165, 1.54) is 5.56 Å². The van der Waals surface area contributed by atoms with Crippen molar-refractivity contribution >= 4 is 11.9 Å². The Bertz CT molecular complexity index is 801. The summed E-state index contributed by atoms with van der Waals surface area (Å²) in [4.78, 5) is 18.2. The SMILES string of the molecule is COc1ccccc1CCNCc1cc(OC)c(OC)c(OC)c1.O=C(O)C(=O)O. The topological polar surface area (TPSA) is 124 Å². The van der Waals surface area contributed by atoms with Crippen LogP contribution >= 0.6 is 0 Å². The fourth-order valence-corrected chi connectivity index (χ4v) is 2.60. The number of benzene rings is 2. The lowest BCUT2D eigenvalue weighted by Gasteiger charge is -2.14. The second kappa shape index (κ2) is 12.9. The van der Waals surface area contributed by atoms with Crippen LogP contribution in [0.15, 0.2) is 36.4 Å². The minimum atomic E-state index is -1.82. The van der Waals surface area contributed by atoms with Crippen molar-refractivity contribution in [2.75, 3.05) is 35.0 Å². The van der Waals surface area contributed by atoms with E-state index in [9.17, 15) is 0 Å². The van der Waals surface area contributed by atoms with Crippen molar-refractivity contribution in [2.24, 2.45) is 0 Å². The molecule has 0 radical (unpaired) electrons. The number of methoxy groups -OCH3 is 4. The highest BCUT2D eigenvalue weighted by molar-refractivity contribution is 6.27. The summed E-state index contributed by atoms with van der Waals surface area (Å²) in [6, 6.07) is 12.0.